The van der Waals surface area contributed by atoms with E-state index < -0.39 is 5.79 Å². The van der Waals surface area contributed by atoms with Crippen LogP contribution in [0.1, 0.15) is 13.8 Å². The smallest absolute Gasteiger partial charge is 0.246 e. The molecule has 0 spiro atoms. The molecule has 0 saturated heterocycles. The van der Waals surface area contributed by atoms with E-state index >= 15 is 0 Å². The molecule has 1 aliphatic rings. The van der Waals surface area contributed by atoms with E-state index in [2.05, 4.69) is 0 Å². The van der Waals surface area contributed by atoms with E-state index in [0.29, 0.717) is 22.9 Å². The number of nitrogen functional groups attached to an aromatic ring is 2. The fraction of sp³-hybridized carbons (Fsp3) is 0.333. The van der Waals surface area contributed by atoms with Crippen LogP contribution in [-0.4, -0.2) is 5.79 Å². The van der Waals surface area contributed by atoms with Gasteiger partial charge < -0.3 is 20.9 Å². The first-order valence-electron chi connectivity index (χ1n) is 4.05. The molecule has 2 rings (SSSR count). The lowest BCUT2D eigenvalue weighted by Gasteiger charge is -2.16. The number of hydrogen-bond donors (Lipinski definition) is 2. The zero-order valence-corrected chi connectivity index (χ0v) is 10.1. The number of halogens is 2. The summed E-state index contributed by atoms with van der Waals surface area (Å²) in [5.41, 5.74) is 12.3. The first-order chi connectivity index (χ1) is 5.98. The summed E-state index contributed by atoms with van der Waals surface area (Å²) in [4.78, 5) is 0. The van der Waals surface area contributed by atoms with Gasteiger partial charge in [-0.25, -0.2) is 0 Å². The highest BCUT2D eigenvalue weighted by Crippen LogP contribution is 2.42. The fourth-order valence-electron chi connectivity index (χ4n) is 1.30. The third-order valence-corrected chi connectivity index (χ3v) is 1.86. The van der Waals surface area contributed by atoms with E-state index in [1.165, 1.54) is 0 Å². The van der Waals surface area contributed by atoms with Gasteiger partial charge in [0.25, 0.3) is 0 Å². The maximum atomic E-state index is 5.62. The summed E-state index contributed by atoms with van der Waals surface area (Å²) in [5.74, 6) is 0.677. The molecule has 1 aromatic carbocycles. The van der Waals surface area contributed by atoms with Crippen molar-refractivity contribution in [3.05, 3.63) is 12.1 Å². The van der Waals surface area contributed by atoms with Crippen molar-refractivity contribution in [3.63, 3.8) is 0 Å². The van der Waals surface area contributed by atoms with E-state index in [-0.39, 0.29) is 24.8 Å². The van der Waals surface area contributed by atoms with Crippen LogP contribution in [0.15, 0.2) is 12.1 Å². The SMILES string of the molecule is CC1(C)Oc2cc(N)c(N)cc2O1.Cl.Cl. The van der Waals surface area contributed by atoms with Crippen molar-refractivity contribution in [2.24, 2.45) is 0 Å². The Morgan fingerprint density at radius 3 is 1.60 bits per heavy atom. The molecule has 0 aliphatic carbocycles. The maximum absolute atomic E-state index is 5.62. The summed E-state index contributed by atoms with van der Waals surface area (Å²) >= 11 is 0. The van der Waals surface area contributed by atoms with Crippen LogP contribution in [0.2, 0.25) is 0 Å². The molecule has 4 nitrogen and oxygen atoms in total. The zero-order valence-electron chi connectivity index (χ0n) is 8.44. The second kappa shape index (κ2) is 4.24. The van der Waals surface area contributed by atoms with Crippen LogP contribution in [0.25, 0.3) is 0 Å². The molecule has 15 heavy (non-hydrogen) atoms. The molecule has 0 amide bonds. The van der Waals surface area contributed by atoms with Crippen molar-refractivity contribution in [1.82, 2.24) is 0 Å². The molecule has 86 valence electrons. The van der Waals surface area contributed by atoms with Gasteiger partial charge in [-0.15, -0.1) is 24.8 Å². The Morgan fingerprint density at radius 1 is 0.933 bits per heavy atom. The largest absolute Gasteiger partial charge is 0.449 e. The van der Waals surface area contributed by atoms with Crippen LogP contribution >= 0.6 is 24.8 Å². The molecule has 0 aromatic heterocycles. The second-order valence-electron chi connectivity index (χ2n) is 3.53. The van der Waals surface area contributed by atoms with Gasteiger partial charge in [0.15, 0.2) is 11.5 Å². The number of fused-ring (bicyclic) bond motifs is 1. The minimum atomic E-state index is -0.622. The Morgan fingerprint density at radius 2 is 1.27 bits per heavy atom. The van der Waals surface area contributed by atoms with Gasteiger partial charge in [-0.2, -0.15) is 0 Å². The lowest BCUT2D eigenvalue weighted by atomic mass is 10.2. The monoisotopic (exact) mass is 252 g/mol. The molecule has 6 heteroatoms. The lowest BCUT2D eigenvalue weighted by molar-refractivity contribution is -0.0431. The minimum absolute atomic E-state index is 0. The van der Waals surface area contributed by atoms with Crippen LogP contribution in [0.3, 0.4) is 0 Å². The molecular weight excluding hydrogens is 239 g/mol. The second-order valence-corrected chi connectivity index (χ2v) is 3.53. The molecular formula is C9H14Cl2N2O2. The number of anilines is 2. The van der Waals surface area contributed by atoms with Gasteiger partial charge in [-0.05, 0) is 0 Å². The number of rotatable bonds is 0. The van der Waals surface area contributed by atoms with Gasteiger partial charge in [0.2, 0.25) is 5.79 Å². The topological polar surface area (TPSA) is 70.5 Å². The van der Waals surface area contributed by atoms with E-state index in [9.17, 15) is 0 Å². The summed E-state index contributed by atoms with van der Waals surface area (Å²) in [6.07, 6.45) is 0. The Kier molecular flexibility index (Phi) is 3.96. The standard InChI is InChI=1S/C9H12N2O2.2ClH/c1-9(2)12-7-3-5(10)6(11)4-8(7)13-9;;/h3-4H,10-11H2,1-2H3;2*1H. The molecule has 4 N–H and O–H groups in total. The Balaban J connectivity index is 0.000000980. The molecule has 0 radical (unpaired) electrons. The first kappa shape index (κ1) is 14.0. The van der Waals surface area contributed by atoms with Crippen molar-refractivity contribution in [1.29, 1.82) is 0 Å². The first-order valence-corrected chi connectivity index (χ1v) is 4.05. The zero-order chi connectivity index (χ0) is 9.64. The fourth-order valence-corrected chi connectivity index (χ4v) is 1.30. The van der Waals surface area contributed by atoms with Gasteiger partial charge in [-0.3, -0.25) is 0 Å². The highest BCUT2D eigenvalue weighted by atomic mass is 35.5. The van der Waals surface area contributed by atoms with E-state index in [1.54, 1.807) is 12.1 Å². The molecule has 0 fully saturated rings. The molecule has 0 unspecified atom stereocenters. The Labute approximate surface area is 101 Å². The van der Waals surface area contributed by atoms with Crippen LogP contribution in [-0.2, 0) is 0 Å². The highest BCUT2D eigenvalue weighted by Gasteiger charge is 2.32. The molecule has 1 heterocycles. The van der Waals surface area contributed by atoms with Crippen LogP contribution < -0.4 is 20.9 Å². The van der Waals surface area contributed by atoms with Gasteiger partial charge in [0.1, 0.15) is 0 Å². The normalized spacial score (nSPS) is 15.1. The number of nitrogens with two attached hydrogens (primary N) is 2. The number of ether oxygens (including phenoxy) is 2. The van der Waals surface area contributed by atoms with Gasteiger partial charge in [-0.1, -0.05) is 0 Å². The average Bonchev–Trinajstić information content (AvgIpc) is 2.24. The van der Waals surface area contributed by atoms with Gasteiger partial charge in [0.05, 0.1) is 11.4 Å². The highest BCUT2D eigenvalue weighted by molar-refractivity contribution is 5.85. The van der Waals surface area contributed by atoms with Crippen molar-refractivity contribution in [2.75, 3.05) is 11.5 Å². The third kappa shape index (κ3) is 2.52. The van der Waals surface area contributed by atoms with Crippen molar-refractivity contribution < 1.29 is 9.47 Å². The average molecular weight is 253 g/mol. The Bertz CT molecular complexity index is 336. The van der Waals surface area contributed by atoms with E-state index in [0.717, 1.165) is 0 Å². The quantitative estimate of drug-likeness (QED) is 0.695. The molecule has 0 atom stereocenters. The number of hydrogen-bond acceptors (Lipinski definition) is 4. The number of benzene rings is 1. The van der Waals surface area contributed by atoms with Crippen LogP contribution in [0.4, 0.5) is 11.4 Å². The molecule has 1 aromatic rings. The van der Waals surface area contributed by atoms with Gasteiger partial charge >= 0.3 is 0 Å². The predicted molar refractivity (Wildman–Crippen MR) is 65.1 cm³/mol. The predicted octanol–water partition coefficient (Wildman–Crippen LogP) is 2.20. The summed E-state index contributed by atoms with van der Waals surface area (Å²) in [5, 5.41) is 0. The molecule has 1 aliphatic heterocycles. The van der Waals surface area contributed by atoms with Crippen LogP contribution in [0.5, 0.6) is 11.5 Å². The van der Waals surface area contributed by atoms with Gasteiger partial charge in [0, 0.05) is 26.0 Å². The van der Waals surface area contributed by atoms with Crippen molar-refractivity contribution in [3.8, 4) is 11.5 Å². The van der Waals surface area contributed by atoms with E-state index in [4.69, 9.17) is 20.9 Å². The summed E-state index contributed by atoms with van der Waals surface area (Å²) < 4.78 is 10.9. The molecule has 0 bridgehead atoms. The lowest BCUT2D eigenvalue weighted by Crippen LogP contribution is -2.29. The third-order valence-electron chi connectivity index (χ3n) is 1.86. The van der Waals surface area contributed by atoms with Crippen molar-refractivity contribution >= 4 is 36.2 Å². The Hall–Kier alpha value is -1.000. The summed E-state index contributed by atoms with van der Waals surface area (Å²) in [7, 11) is 0. The van der Waals surface area contributed by atoms with E-state index in [1.807, 2.05) is 13.8 Å². The maximum Gasteiger partial charge on any atom is 0.246 e. The summed E-state index contributed by atoms with van der Waals surface area (Å²) in [6, 6.07) is 3.36. The summed E-state index contributed by atoms with van der Waals surface area (Å²) in [6.45, 7) is 3.67. The minimum Gasteiger partial charge on any atom is -0.449 e. The molecule has 0 saturated carbocycles. The van der Waals surface area contributed by atoms with Crippen LogP contribution in [0, 0.1) is 0 Å². The van der Waals surface area contributed by atoms with Crippen molar-refractivity contribution in [2.45, 2.75) is 19.6 Å².